The number of aryl methyl sites for hydroxylation is 1. The fourth-order valence-electron chi connectivity index (χ4n) is 3.53. The molecule has 0 spiro atoms. The number of anilines is 1. The topological polar surface area (TPSA) is 92.7 Å². The van der Waals surface area contributed by atoms with Gasteiger partial charge in [-0.25, -0.2) is 9.79 Å². The van der Waals surface area contributed by atoms with Gasteiger partial charge in [-0.2, -0.15) is 0 Å². The first-order valence-corrected chi connectivity index (χ1v) is 11.1. The van der Waals surface area contributed by atoms with E-state index >= 15 is 0 Å². The molecule has 2 atom stereocenters. The zero-order chi connectivity index (χ0) is 24.5. The quantitative estimate of drug-likeness (QED) is 0.452. The van der Waals surface area contributed by atoms with E-state index in [2.05, 4.69) is 34.1 Å². The van der Waals surface area contributed by atoms with E-state index < -0.39 is 5.97 Å². The first kappa shape index (κ1) is 24.6. The Kier molecular flexibility index (Phi) is 8.51. The summed E-state index contributed by atoms with van der Waals surface area (Å²) in [5.74, 6) is 0.152. The zero-order valence-corrected chi connectivity index (χ0v) is 19.7. The number of hydrogen-bond acceptors (Lipinski definition) is 6. The van der Waals surface area contributed by atoms with Crippen molar-refractivity contribution in [3.05, 3.63) is 96.1 Å². The van der Waals surface area contributed by atoms with Crippen LogP contribution in [-0.4, -0.2) is 35.7 Å². The number of aliphatic imine (C=N–C) groups is 1. The van der Waals surface area contributed by atoms with Crippen molar-refractivity contribution >= 4 is 23.3 Å². The van der Waals surface area contributed by atoms with Gasteiger partial charge in [-0.15, -0.1) is 6.58 Å². The van der Waals surface area contributed by atoms with Crippen LogP contribution in [0.3, 0.4) is 0 Å². The average molecular weight is 459 g/mol. The lowest BCUT2D eigenvalue weighted by Gasteiger charge is -2.19. The molecule has 0 aliphatic carbocycles. The number of pyridine rings is 1. The van der Waals surface area contributed by atoms with E-state index in [-0.39, 0.29) is 23.6 Å². The molecule has 1 aliphatic rings. The summed E-state index contributed by atoms with van der Waals surface area (Å²) < 4.78 is 4.84. The molecule has 1 aromatic heterocycles. The molecule has 0 bridgehead atoms. The molecule has 7 nitrogen and oxygen atoms in total. The third-order valence-electron chi connectivity index (χ3n) is 5.26. The molecule has 2 heterocycles. The number of benzene rings is 1. The molecule has 1 aromatic carbocycles. The van der Waals surface area contributed by atoms with Gasteiger partial charge in [-0.3, -0.25) is 9.78 Å². The van der Waals surface area contributed by atoms with Gasteiger partial charge >= 0.3 is 5.97 Å². The Morgan fingerprint density at radius 3 is 2.85 bits per heavy atom. The van der Waals surface area contributed by atoms with E-state index in [0.29, 0.717) is 23.5 Å². The monoisotopic (exact) mass is 458 g/mol. The number of ether oxygens (including phenoxy) is 1. The van der Waals surface area contributed by atoms with Gasteiger partial charge in [0, 0.05) is 24.1 Å². The maximum Gasteiger partial charge on any atom is 0.356 e. The molecule has 2 unspecified atom stereocenters. The number of rotatable bonds is 8. The number of carbonyl (C=O) groups is 2. The molecule has 0 radical (unpaired) electrons. The third kappa shape index (κ3) is 7.00. The number of methoxy groups -OCH3 is 1. The zero-order valence-electron chi connectivity index (χ0n) is 19.7. The minimum absolute atomic E-state index is 0.142. The molecular formula is C27H30N4O3. The van der Waals surface area contributed by atoms with Gasteiger partial charge < -0.3 is 15.4 Å². The first-order chi connectivity index (χ1) is 16.4. The van der Waals surface area contributed by atoms with Crippen molar-refractivity contribution in [2.24, 2.45) is 10.9 Å². The predicted octanol–water partition coefficient (Wildman–Crippen LogP) is 4.38. The molecule has 34 heavy (non-hydrogen) atoms. The summed E-state index contributed by atoms with van der Waals surface area (Å²) in [6.07, 6.45) is 12.1. The van der Waals surface area contributed by atoms with Crippen LogP contribution < -0.4 is 10.6 Å². The molecule has 0 saturated carbocycles. The van der Waals surface area contributed by atoms with Crippen molar-refractivity contribution < 1.29 is 14.3 Å². The summed E-state index contributed by atoms with van der Waals surface area (Å²) in [6, 6.07) is 9.32. The minimum atomic E-state index is -0.485. The van der Waals surface area contributed by atoms with Crippen molar-refractivity contribution in [3.8, 4) is 0 Å². The maximum absolute atomic E-state index is 12.6. The van der Waals surface area contributed by atoms with Crippen LogP contribution >= 0.6 is 0 Å². The van der Waals surface area contributed by atoms with Crippen LogP contribution in [0, 0.1) is 12.8 Å². The van der Waals surface area contributed by atoms with Crippen LogP contribution in [0.5, 0.6) is 0 Å². The van der Waals surface area contributed by atoms with Gasteiger partial charge in [0.15, 0.2) is 0 Å². The molecule has 1 aliphatic heterocycles. The minimum Gasteiger partial charge on any atom is -0.464 e. The molecule has 1 amide bonds. The van der Waals surface area contributed by atoms with E-state index in [1.54, 1.807) is 30.6 Å². The highest BCUT2D eigenvalue weighted by Gasteiger charge is 2.15. The lowest BCUT2D eigenvalue weighted by atomic mass is 10.0. The number of nitrogens with zero attached hydrogens (tertiary/aromatic N) is 2. The van der Waals surface area contributed by atoms with Crippen LogP contribution in [0.2, 0.25) is 0 Å². The summed E-state index contributed by atoms with van der Waals surface area (Å²) >= 11 is 0. The molecule has 0 saturated heterocycles. The van der Waals surface area contributed by atoms with Crippen molar-refractivity contribution in [1.82, 2.24) is 10.3 Å². The number of hydrogen-bond donors (Lipinski definition) is 2. The molecular weight excluding hydrogens is 428 g/mol. The highest BCUT2D eigenvalue weighted by atomic mass is 16.5. The van der Waals surface area contributed by atoms with Crippen molar-refractivity contribution in [1.29, 1.82) is 0 Å². The van der Waals surface area contributed by atoms with Gasteiger partial charge in [-0.1, -0.05) is 31.2 Å². The Morgan fingerprint density at radius 1 is 1.29 bits per heavy atom. The fraction of sp³-hybridized carbons (Fsp3) is 0.259. The van der Waals surface area contributed by atoms with Crippen LogP contribution in [0.1, 0.15) is 34.8 Å². The Bertz CT molecular complexity index is 1150. The van der Waals surface area contributed by atoms with E-state index in [9.17, 15) is 9.59 Å². The van der Waals surface area contributed by atoms with Gasteiger partial charge in [0.2, 0.25) is 0 Å². The van der Waals surface area contributed by atoms with E-state index in [1.165, 1.54) is 7.11 Å². The smallest absolute Gasteiger partial charge is 0.356 e. The van der Waals surface area contributed by atoms with Gasteiger partial charge in [0.1, 0.15) is 11.5 Å². The number of aromatic nitrogens is 1. The van der Waals surface area contributed by atoms with Crippen molar-refractivity contribution in [2.45, 2.75) is 32.7 Å². The largest absolute Gasteiger partial charge is 0.464 e. The normalized spacial score (nSPS) is 16.3. The molecule has 176 valence electrons. The Labute approximate surface area is 200 Å². The third-order valence-corrected chi connectivity index (χ3v) is 5.26. The second kappa shape index (κ2) is 11.7. The Morgan fingerprint density at radius 2 is 2.12 bits per heavy atom. The van der Waals surface area contributed by atoms with Gasteiger partial charge in [0.05, 0.1) is 12.7 Å². The number of nitrogens with one attached hydrogen (secondary N) is 2. The molecule has 3 rings (SSSR count). The van der Waals surface area contributed by atoms with E-state index in [0.717, 1.165) is 17.5 Å². The first-order valence-electron chi connectivity index (χ1n) is 11.1. The lowest BCUT2D eigenvalue weighted by molar-refractivity contribution is -0.132. The second-order valence-electron chi connectivity index (χ2n) is 8.25. The van der Waals surface area contributed by atoms with Crippen LogP contribution in [0.15, 0.2) is 84.4 Å². The molecule has 2 N–H and O–H groups in total. The van der Waals surface area contributed by atoms with Crippen LogP contribution in [0.4, 0.5) is 5.69 Å². The maximum atomic E-state index is 12.6. The molecule has 0 fully saturated rings. The molecule has 2 aromatic rings. The van der Waals surface area contributed by atoms with Gasteiger partial charge in [0.25, 0.3) is 5.91 Å². The second-order valence-corrected chi connectivity index (χ2v) is 8.25. The number of carbonyl (C=O) groups excluding carboxylic acids is 2. The number of esters is 1. The number of amides is 1. The van der Waals surface area contributed by atoms with Crippen LogP contribution in [-0.2, 0) is 16.0 Å². The van der Waals surface area contributed by atoms with Gasteiger partial charge in [-0.05, 0) is 67.2 Å². The Hall–Kier alpha value is -4.00. The molecule has 7 heteroatoms. The SMILES string of the molecule is C=CC(Cc1cccc(NC(=O)c2cncc(C)c2)c1)NC1=CC(C)CC=CC(C(=O)OC)=N1. The van der Waals surface area contributed by atoms with E-state index in [4.69, 9.17) is 4.74 Å². The standard InChI is InChI=1S/C27H30N4O3/c1-5-22(29-25-13-18(2)8-6-11-24(31-25)27(33)34-4)14-20-9-7-10-23(15-20)30-26(32)21-12-19(3)16-28-17-21/h5-7,9-13,15-18,22,29H,1,8,14H2,2-4H3,(H,30,32). The lowest BCUT2D eigenvalue weighted by Crippen LogP contribution is -2.29. The summed E-state index contributed by atoms with van der Waals surface area (Å²) in [5, 5.41) is 6.30. The van der Waals surface area contributed by atoms with E-state index in [1.807, 2.05) is 43.3 Å². The van der Waals surface area contributed by atoms with Crippen LogP contribution in [0.25, 0.3) is 0 Å². The van der Waals surface area contributed by atoms with Crippen molar-refractivity contribution in [2.75, 3.05) is 12.4 Å². The Balaban J connectivity index is 1.73. The summed E-state index contributed by atoms with van der Waals surface area (Å²) in [4.78, 5) is 33.2. The summed E-state index contributed by atoms with van der Waals surface area (Å²) in [7, 11) is 1.34. The number of allylic oxidation sites excluding steroid dienone is 2. The fourth-order valence-corrected chi connectivity index (χ4v) is 3.53. The summed E-state index contributed by atoms with van der Waals surface area (Å²) in [6.45, 7) is 7.94. The van der Waals surface area contributed by atoms with Crippen molar-refractivity contribution in [3.63, 3.8) is 0 Å². The highest BCUT2D eigenvalue weighted by Crippen LogP contribution is 2.17. The predicted molar refractivity (Wildman–Crippen MR) is 135 cm³/mol. The average Bonchev–Trinajstić information content (AvgIpc) is 2.81. The summed E-state index contributed by atoms with van der Waals surface area (Å²) in [5.41, 5.74) is 3.38. The highest BCUT2D eigenvalue weighted by molar-refractivity contribution is 6.41.